The van der Waals surface area contributed by atoms with Gasteiger partial charge in [0.25, 0.3) is 0 Å². The van der Waals surface area contributed by atoms with E-state index in [1.54, 1.807) is 0 Å². The highest BCUT2D eigenvalue weighted by Gasteiger charge is 2.28. The maximum absolute atomic E-state index is 5.98. The molecule has 1 fully saturated rings. The molecule has 1 aromatic rings. The number of nitrogens with two attached hydrogens (primary N) is 1. The van der Waals surface area contributed by atoms with E-state index in [0.29, 0.717) is 12.5 Å². The van der Waals surface area contributed by atoms with Crippen LogP contribution >= 0.6 is 0 Å². The van der Waals surface area contributed by atoms with Crippen molar-refractivity contribution in [2.75, 3.05) is 6.61 Å². The van der Waals surface area contributed by atoms with E-state index in [2.05, 4.69) is 32.0 Å². The minimum atomic E-state index is 0.214. The van der Waals surface area contributed by atoms with Crippen LogP contribution in [0.15, 0.2) is 18.2 Å². The molecule has 0 radical (unpaired) electrons. The Morgan fingerprint density at radius 2 is 1.87 bits per heavy atom. The van der Waals surface area contributed by atoms with Crippen LogP contribution in [-0.4, -0.2) is 12.6 Å². The fourth-order valence-corrected chi connectivity index (χ4v) is 1.87. The Morgan fingerprint density at radius 3 is 2.40 bits per heavy atom. The van der Waals surface area contributed by atoms with Crippen LogP contribution in [0.2, 0.25) is 0 Å². The quantitative estimate of drug-likeness (QED) is 0.819. The summed E-state index contributed by atoms with van der Waals surface area (Å²) in [5.74, 6) is 1.65. The van der Waals surface area contributed by atoms with Gasteiger partial charge in [-0.05, 0) is 55.9 Å². The normalized spacial score (nSPS) is 17.5. The second kappa shape index (κ2) is 4.23. The van der Waals surface area contributed by atoms with E-state index in [1.165, 1.54) is 24.0 Å². The van der Waals surface area contributed by atoms with Crippen molar-refractivity contribution in [2.24, 2.45) is 11.7 Å². The molecule has 0 saturated heterocycles. The lowest BCUT2D eigenvalue weighted by atomic mass is 10.1. The zero-order chi connectivity index (χ0) is 10.8. The minimum absolute atomic E-state index is 0.214. The zero-order valence-electron chi connectivity index (χ0n) is 9.49. The molecule has 2 rings (SSSR count). The summed E-state index contributed by atoms with van der Waals surface area (Å²) in [6.45, 7) is 4.81. The first-order valence-corrected chi connectivity index (χ1v) is 5.62. The van der Waals surface area contributed by atoms with Gasteiger partial charge in [0.15, 0.2) is 0 Å². The Morgan fingerprint density at radius 1 is 1.27 bits per heavy atom. The van der Waals surface area contributed by atoms with Crippen molar-refractivity contribution in [2.45, 2.75) is 32.7 Å². The van der Waals surface area contributed by atoms with Crippen LogP contribution < -0.4 is 10.5 Å². The predicted octanol–water partition coefficient (Wildman–Crippen LogP) is 2.42. The maximum Gasteiger partial charge on any atom is 0.119 e. The molecule has 1 saturated carbocycles. The predicted molar refractivity (Wildman–Crippen MR) is 62.1 cm³/mol. The highest BCUT2D eigenvalue weighted by Crippen LogP contribution is 2.31. The van der Waals surface area contributed by atoms with E-state index in [4.69, 9.17) is 10.5 Å². The highest BCUT2D eigenvalue weighted by molar-refractivity contribution is 5.33. The number of aryl methyl sites for hydroxylation is 2. The third-order valence-electron chi connectivity index (χ3n) is 2.87. The number of hydrogen-bond donors (Lipinski definition) is 1. The highest BCUT2D eigenvalue weighted by atomic mass is 16.5. The molecule has 0 aromatic heterocycles. The Balaban J connectivity index is 1.91. The molecule has 0 unspecified atom stereocenters. The molecule has 0 spiro atoms. The van der Waals surface area contributed by atoms with E-state index >= 15 is 0 Å². The van der Waals surface area contributed by atoms with Crippen molar-refractivity contribution in [3.05, 3.63) is 29.3 Å². The monoisotopic (exact) mass is 205 g/mol. The molecule has 1 atom stereocenters. The molecule has 2 N–H and O–H groups in total. The van der Waals surface area contributed by atoms with Crippen LogP contribution in [0.25, 0.3) is 0 Å². The molecular formula is C13H19NO. The van der Waals surface area contributed by atoms with E-state index < -0.39 is 0 Å². The Hall–Kier alpha value is -1.02. The molecule has 1 aliphatic rings. The van der Waals surface area contributed by atoms with Crippen molar-refractivity contribution < 1.29 is 4.74 Å². The molecule has 2 nitrogen and oxygen atoms in total. The fourth-order valence-electron chi connectivity index (χ4n) is 1.87. The summed E-state index contributed by atoms with van der Waals surface area (Å²) in [5.41, 5.74) is 8.46. The van der Waals surface area contributed by atoms with Crippen molar-refractivity contribution in [3.8, 4) is 5.75 Å². The second-order valence-electron chi connectivity index (χ2n) is 4.64. The Kier molecular flexibility index (Phi) is 2.96. The maximum atomic E-state index is 5.98. The molecule has 15 heavy (non-hydrogen) atoms. The Bertz CT molecular complexity index is 324. The Labute approximate surface area is 91.4 Å². The van der Waals surface area contributed by atoms with Gasteiger partial charge in [0.1, 0.15) is 12.4 Å². The lowest BCUT2D eigenvalue weighted by molar-refractivity contribution is 0.276. The van der Waals surface area contributed by atoms with E-state index in [1.807, 2.05) is 0 Å². The number of benzene rings is 1. The van der Waals surface area contributed by atoms with Gasteiger partial charge >= 0.3 is 0 Å². The van der Waals surface area contributed by atoms with Crippen LogP contribution in [-0.2, 0) is 0 Å². The van der Waals surface area contributed by atoms with Gasteiger partial charge < -0.3 is 10.5 Å². The van der Waals surface area contributed by atoms with Crippen molar-refractivity contribution >= 4 is 0 Å². The summed E-state index contributed by atoms with van der Waals surface area (Å²) < 4.78 is 5.71. The van der Waals surface area contributed by atoms with E-state index in [-0.39, 0.29) is 6.04 Å². The minimum Gasteiger partial charge on any atom is -0.492 e. The van der Waals surface area contributed by atoms with E-state index in [0.717, 1.165) is 5.75 Å². The molecular weight excluding hydrogens is 186 g/mol. The average molecular weight is 205 g/mol. The van der Waals surface area contributed by atoms with Gasteiger partial charge in [0.2, 0.25) is 0 Å². The van der Waals surface area contributed by atoms with Crippen molar-refractivity contribution in [1.82, 2.24) is 0 Å². The topological polar surface area (TPSA) is 35.2 Å². The number of rotatable bonds is 4. The van der Waals surface area contributed by atoms with Gasteiger partial charge in [0.05, 0.1) is 0 Å². The van der Waals surface area contributed by atoms with Crippen LogP contribution in [0.4, 0.5) is 0 Å². The molecule has 0 heterocycles. The standard InChI is InChI=1S/C13H19NO/c1-9-5-10(2)7-12(6-9)15-8-13(14)11-3-4-11/h5-7,11,13H,3-4,8,14H2,1-2H3/t13-/m1/s1. The van der Waals surface area contributed by atoms with Crippen molar-refractivity contribution in [1.29, 1.82) is 0 Å². The molecule has 82 valence electrons. The van der Waals surface area contributed by atoms with Gasteiger partial charge in [-0.3, -0.25) is 0 Å². The summed E-state index contributed by atoms with van der Waals surface area (Å²) in [7, 11) is 0. The first kappa shape index (κ1) is 10.5. The van der Waals surface area contributed by atoms with Gasteiger partial charge in [0, 0.05) is 6.04 Å². The van der Waals surface area contributed by atoms with Crippen LogP contribution in [0.3, 0.4) is 0 Å². The first-order valence-electron chi connectivity index (χ1n) is 5.62. The van der Waals surface area contributed by atoms with Crippen LogP contribution in [0.1, 0.15) is 24.0 Å². The van der Waals surface area contributed by atoms with Gasteiger partial charge in [-0.1, -0.05) is 6.07 Å². The lowest BCUT2D eigenvalue weighted by Crippen LogP contribution is -2.29. The SMILES string of the molecule is Cc1cc(C)cc(OC[C@@H](N)C2CC2)c1. The molecule has 0 bridgehead atoms. The largest absolute Gasteiger partial charge is 0.492 e. The smallest absolute Gasteiger partial charge is 0.119 e. The fraction of sp³-hybridized carbons (Fsp3) is 0.538. The molecule has 0 aliphatic heterocycles. The van der Waals surface area contributed by atoms with Crippen LogP contribution in [0.5, 0.6) is 5.75 Å². The molecule has 1 aliphatic carbocycles. The zero-order valence-corrected chi connectivity index (χ0v) is 9.49. The second-order valence-corrected chi connectivity index (χ2v) is 4.64. The van der Waals surface area contributed by atoms with Gasteiger partial charge in [-0.2, -0.15) is 0 Å². The summed E-state index contributed by atoms with van der Waals surface area (Å²) in [5, 5.41) is 0. The van der Waals surface area contributed by atoms with Crippen molar-refractivity contribution in [3.63, 3.8) is 0 Å². The third-order valence-corrected chi connectivity index (χ3v) is 2.87. The summed E-state index contributed by atoms with van der Waals surface area (Å²) >= 11 is 0. The third kappa shape index (κ3) is 2.96. The molecule has 2 heteroatoms. The van der Waals surface area contributed by atoms with E-state index in [9.17, 15) is 0 Å². The number of ether oxygens (including phenoxy) is 1. The average Bonchev–Trinajstić information content (AvgIpc) is 2.95. The summed E-state index contributed by atoms with van der Waals surface area (Å²) in [6, 6.07) is 6.48. The van der Waals surface area contributed by atoms with Gasteiger partial charge in [-0.25, -0.2) is 0 Å². The van der Waals surface area contributed by atoms with Gasteiger partial charge in [-0.15, -0.1) is 0 Å². The van der Waals surface area contributed by atoms with Crippen LogP contribution in [0, 0.1) is 19.8 Å². The number of hydrogen-bond acceptors (Lipinski definition) is 2. The molecule has 0 amide bonds. The summed E-state index contributed by atoms with van der Waals surface area (Å²) in [6.07, 6.45) is 2.55. The molecule has 1 aromatic carbocycles. The lowest BCUT2D eigenvalue weighted by Gasteiger charge is -2.13. The first-order chi connectivity index (χ1) is 7.15. The summed E-state index contributed by atoms with van der Waals surface area (Å²) in [4.78, 5) is 0.